The fraction of sp³-hybridized carbons (Fsp3) is 0.261. The van der Waals surface area contributed by atoms with Crippen LogP contribution in [-0.2, 0) is 19.5 Å². The lowest BCUT2D eigenvalue weighted by atomic mass is 10.1. The Kier molecular flexibility index (Phi) is 6.85. The van der Waals surface area contributed by atoms with Gasteiger partial charge in [0.2, 0.25) is 5.91 Å². The molecule has 0 aliphatic rings. The molecule has 0 saturated carbocycles. The number of amides is 1. The van der Waals surface area contributed by atoms with Crippen LogP contribution in [-0.4, -0.2) is 24.0 Å². The molecule has 1 amide bonds. The van der Waals surface area contributed by atoms with E-state index in [0.717, 1.165) is 30.8 Å². The minimum atomic E-state index is -0.396. The first kappa shape index (κ1) is 20.1. The van der Waals surface area contributed by atoms with Crippen molar-refractivity contribution < 1.29 is 9.53 Å². The van der Waals surface area contributed by atoms with Gasteiger partial charge in [0, 0.05) is 29.6 Å². The van der Waals surface area contributed by atoms with Crippen LogP contribution in [0.3, 0.4) is 0 Å². The van der Waals surface area contributed by atoms with Crippen molar-refractivity contribution in [2.45, 2.75) is 32.5 Å². The highest BCUT2D eigenvalue weighted by Gasteiger charge is 2.16. The largest absolute Gasteiger partial charge is 0.497 e. The van der Waals surface area contributed by atoms with Crippen LogP contribution in [0.1, 0.15) is 33.3 Å². The average molecular weight is 395 g/mol. The van der Waals surface area contributed by atoms with Crippen LogP contribution < -0.4 is 10.5 Å². The number of primary amides is 1. The summed E-state index contributed by atoms with van der Waals surface area (Å²) in [5.74, 6) is 0.469. The molecule has 2 N–H and O–H groups in total. The van der Waals surface area contributed by atoms with E-state index in [-0.39, 0.29) is 0 Å². The second-order valence-electron chi connectivity index (χ2n) is 6.95. The number of carbonyl (C=O) groups excluding carboxylic acids is 1. The lowest BCUT2D eigenvalue weighted by Crippen LogP contribution is -2.33. The predicted octanol–water partition coefficient (Wildman–Crippen LogP) is 4.49. The molecule has 28 heavy (non-hydrogen) atoms. The molecule has 2 aromatic carbocycles. The van der Waals surface area contributed by atoms with E-state index in [1.54, 1.807) is 30.6 Å². The van der Waals surface area contributed by atoms with Crippen LogP contribution in [0, 0.1) is 0 Å². The number of nitrogens with zero attached hydrogens (tertiary/aromatic N) is 1. The third-order valence-corrected chi connectivity index (χ3v) is 5.77. The van der Waals surface area contributed by atoms with Gasteiger partial charge in [-0.2, -0.15) is 0 Å². The van der Waals surface area contributed by atoms with Crippen LogP contribution >= 0.6 is 11.3 Å². The molecular weight excluding hydrogens is 368 g/mol. The fourth-order valence-electron chi connectivity index (χ4n) is 3.19. The summed E-state index contributed by atoms with van der Waals surface area (Å²) in [5.41, 5.74) is 8.30. The molecule has 1 atom stereocenters. The summed E-state index contributed by atoms with van der Waals surface area (Å²) in [7, 11) is 1.68. The Hall–Kier alpha value is -2.63. The van der Waals surface area contributed by atoms with Gasteiger partial charge in [0.05, 0.1) is 7.11 Å². The number of carbonyl (C=O) groups is 1. The monoisotopic (exact) mass is 394 g/mol. The second-order valence-corrected chi connectivity index (χ2v) is 7.98. The van der Waals surface area contributed by atoms with Crippen molar-refractivity contribution >= 4 is 17.2 Å². The lowest BCUT2D eigenvalue weighted by Gasteiger charge is -2.29. The highest BCUT2D eigenvalue weighted by atomic mass is 32.1. The first-order chi connectivity index (χ1) is 13.5. The Morgan fingerprint density at radius 1 is 1.04 bits per heavy atom. The molecular formula is C23H26N2O2S. The number of ether oxygens (including phenoxy) is 1. The number of methoxy groups -OCH3 is 1. The molecule has 0 spiro atoms. The van der Waals surface area contributed by atoms with Gasteiger partial charge in [-0.25, -0.2) is 0 Å². The fourth-order valence-corrected chi connectivity index (χ4v) is 4.02. The number of thiophene rings is 1. The normalized spacial score (nSPS) is 12.1. The van der Waals surface area contributed by atoms with Gasteiger partial charge in [0.1, 0.15) is 5.75 Å². The van der Waals surface area contributed by atoms with Gasteiger partial charge in [0.15, 0.2) is 0 Å². The third kappa shape index (κ3) is 5.44. The van der Waals surface area contributed by atoms with Crippen molar-refractivity contribution in [2.75, 3.05) is 7.11 Å². The third-order valence-electron chi connectivity index (χ3n) is 4.87. The Balaban J connectivity index is 1.76. The molecule has 146 valence electrons. The summed E-state index contributed by atoms with van der Waals surface area (Å²) in [6.45, 7) is 3.91. The average Bonchev–Trinajstić information content (AvgIpc) is 3.21. The highest BCUT2D eigenvalue weighted by Crippen LogP contribution is 2.20. The first-order valence-corrected chi connectivity index (χ1v) is 10.2. The SMILES string of the molecule is COc1ccc(CN(Cc2ccc(C(N)=O)cc2)[C@@H](C)Cc2cccs2)cc1. The van der Waals surface area contributed by atoms with Gasteiger partial charge in [-0.15, -0.1) is 11.3 Å². The number of rotatable bonds is 9. The molecule has 0 aliphatic heterocycles. The van der Waals surface area contributed by atoms with E-state index in [4.69, 9.17) is 10.5 Å². The van der Waals surface area contributed by atoms with Crippen molar-refractivity contribution in [3.8, 4) is 5.75 Å². The van der Waals surface area contributed by atoms with E-state index in [0.29, 0.717) is 11.6 Å². The van der Waals surface area contributed by atoms with Crippen molar-refractivity contribution in [3.63, 3.8) is 0 Å². The molecule has 0 saturated heterocycles. The summed E-state index contributed by atoms with van der Waals surface area (Å²) in [6.07, 6.45) is 1.01. The Morgan fingerprint density at radius 2 is 1.64 bits per heavy atom. The van der Waals surface area contributed by atoms with Gasteiger partial charge in [-0.1, -0.05) is 30.3 Å². The van der Waals surface area contributed by atoms with E-state index in [1.165, 1.54) is 10.4 Å². The summed E-state index contributed by atoms with van der Waals surface area (Å²) < 4.78 is 5.27. The molecule has 5 heteroatoms. The van der Waals surface area contributed by atoms with Crippen molar-refractivity contribution in [3.05, 3.63) is 87.6 Å². The number of nitrogens with two attached hydrogens (primary N) is 1. The van der Waals surface area contributed by atoms with Crippen LogP contribution in [0.25, 0.3) is 0 Å². The maximum atomic E-state index is 11.3. The topological polar surface area (TPSA) is 55.6 Å². The Labute approximate surface area is 170 Å². The zero-order valence-electron chi connectivity index (χ0n) is 16.3. The van der Waals surface area contributed by atoms with E-state index in [2.05, 4.69) is 41.5 Å². The van der Waals surface area contributed by atoms with Crippen molar-refractivity contribution in [1.82, 2.24) is 4.90 Å². The van der Waals surface area contributed by atoms with E-state index in [1.807, 2.05) is 24.3 Å². The first-order valence-electron chi connectivity index (χ1n) is 9.33. The maximum absolute atomic E-state index is 11.3. The molecule has 1 heterocycles. The van der Waals surface area contributed by atoms with Gasteiger partial charge >= 0.3 is 0 Å². The zero-order chi connectivity index (χ0) is 19.9. The van der Waals surface area contributed by atoms with Crippen molar-refractivity contribution in [1.29, 1.82) is 0 Å². The van der Waals surface area contributed by atoms with E-state index >= 15 is 0 Å². The molecule has 3 rings (SSSR count). The lowest BCUT2D eigenvalue weighted by molar-refractivity contribution is 0.1000. The number of hydrogen-bond donors (Lipinski definition) is 1. The molecule has 0 radical (unpaired) electrons. The molecule has 3 aromatic rings. The van der Waals surface area contributed by atoms with Crippen LogP contribution in [0.4, 0.5) is 0 Å². The minimum absolute atomic E-state index is 0.372. The highest BCUT2D eigenvalue weighted by molar-refractivity contribution is 7.09. The number of benzene rings is 2. The van der Waals surface area contributed by atoms with Gasteiger partial charge in [0.25, 0.3) is 0 Å². The molecule has 1 aromatic heterocycles. The van der Waals surface area contributed by atoms with E-state index in [9.17, 15) is 4.79 Å². The molecule has 0 unspecified atom stereocenters. The smallest absolute Gasteiger partial charge is 0.248 e. The quantitative estimate of drug-likeness (QED) is 0.582. The van der Waals surface area contributed by atoms with Gasteiger partial charge in [-0.05, 0) is 60.2 Å². The summed E-state index contributed by atoms with van der Waals surface area (Å²) >= 11 is 1.80. The summed E-state index contributed by atoms with van der Waals surface area (Å²) in [5, 5.41) is 2.12. The van der Waals surface area contributed by atoms with E-state index < -0.39 is 5.91 Å². The molecule has 0 aliphatic carbocycles. The van der Waals surface area contributed by atoms with Crippen LogP contribution in [0.2, 0.25) is 0 Å². The summed E-state index contributed by atoms with van der Waals surface area (Å²) in [6, 6.07) is 20.4. The second kappa shape index (κ2) is 9.53. The zero-order valence-corrected chi connectivity index (χ0v) is 17.1. The number of hydrogen-bond acceptors (Lipinski definition) is 4. The predicted molar refractivity (Wildman–Crippen MR) is 115 cm³/mol. The van der Waals surface area contributed by atoms with Crippen LogP contribution in [0.15, 0.2) is 66.0 Å². The maximum Gasteiger partial charge on any atom is 0.248 e. The Bertz CT molecular complexity index is 874. The minimum Gasteiger partial charge on any atom is -0.497 e. The van der Waals surface area contributed by atoms with Crippen LogP contribution in [0.5, 0.6) is 5.75 Å². The standard InChI is InChI=1S/C23H26N2O2S/c1-17(14-22-4-3-13-28-22)25(16-19-7-11-21(27-2)12-8-19)15-18-5-9-20(10-6-18)23(24)26/h3-13,17H,14-16H2,1-2H3,(H2,24,26)/t17-/m0/s1. The molecule has 0 fully saturated rings. The Morgan fingerprint density at radius 3 is 2.14 bits per heavy atom. The molecule has 0 bridgehead atoms. The van der Waals surface area contributed by atoms with Crippen molar-refractivity contribution in [2.24, 2.45) is 5.73 Å². The van der Waals surface area contributed by atoms with Gasteiger partial charge in [-0.3, -0.25) is 9.69 Å². The molecule has 4 nitrogen and oxygen atoms in total. The van der Waals surface area contributed by atoms with Gasteiger partial charge < -0.3 is 10.5 Å². The summed E-state index contributed by atoms with van der Waals surface area (Å²) in [4.78, 5) is 15.2.